The standard InChI is InChI=1S/C7H5N3O6/c1-4-6(9(13)14)2-5(8(11)12)3-7(4)10(15)16/h2-3H,1H3/i1D3. The van der Waals surface area contributed by atoms with Gasteiger partial charge in [0, 0.05) is 4.11 Å². The first-order chi connectivity index (χ1) is 8.55. The predicted molar refractivity (Wildman–Crippen MR) is 51.1 cm³/mol. The summed E-state index contributed by atoms with van der Waals surface area (Å²) in [4.78, 5) is 28.5. The molecule has 0 aliphatic carbocycles. The van der Waals surface area contributed by atoms with Crippen molar-refractivity contribution in [3.8, 4) is 0 Å². The van der Waals surface area contributed by atoms with Crippen LogP contribution in [0.25, 0.3) is 0 Å². The second-order valence-corrected chi connectivity index (χ2v) is 2.63. The van der Waals surface area contributed by atoms with Gasteiger partial charge in [0.1, 0.15) is 5.56 Å². The van der Waals surface area contributed by atoms with Crippen LogP contribution in [0.15, 0.2) is 12.1 Å². The van der Waals surface area contributed by atoms with Crippen LogP contribution in [0.2, 0.25) is 0 Å². The van der Waals surface area contributed by atoms with E-state index in [2.05, 4.69) is 0 Å². The predicted octanol–water partition coefficient (Wildman–Crippen LogP) is 1.72. The summed E-state index contributed by atoms with van der Waals surface area (Å²) in [6.45, 7) is -3.14. The lowest BCUT2D eigenvalue weighted by Gasteiger charge is -1.99. The molecule has 0 aliphatic rings. The number of hydrogen-bond acceptors (Lipinski definition) is 6. The molecule has 0 atom stereocenters. The molecule has 0 unspecified atom stereocenters. The van der Waals surface area contributed by atoms with Crippen molar-refractivity contribution < 1.29 is 18.9 Å². The molecule has 0 amide bonds. The van der Waals surface area contributed by atoms with Gasteiger partial charge in [-0.2, -0.15) is 0 Å². The maximum atomic E-state index is 10.7. The van der Waals surface area contributed by atoms with Crippen molar-refractivity contribution in [2.24, 2.45) is 0 Å². The number of rotatable bonds is 3. The summed E-state index contributed by atoms with van der Waals surface area (Å²) in [5, 5.41) is 32.0. The molecule has 9 nitrogen and oxygen atoms in total. The van der Waals surface area contributed by atoms with Crippen LogP contribution in [0.5, 0.6) is 0 Å². The lowest BCUT2D eigenvalue weighted by Crippen LogP contribution is -2.00. The summed E-state index contributed by atoms with van der Waals surface area (Å²) in [7, 11) is 0. The lowest BCUT2D eigenvalue weighted by atomic mass is 10.1. The Kier molecular flexibility index (Phi) is 1.86. The lowest BCUT2D eigenvalue weighted by molar-refractivity contribution is -0.403. The molecule has 0 saturated heterocycles. The third kappa shape index (κ3) is 1.92. The van der Waals surface area contributed by atoms with Gasteiger partial charge in [0.15, 0.2) is 0 Å². The van der Waals surface area contributed by atoms with E-state index in [4.69, 9.17) is 4.11 Å². The van der Waals surface area contributed by atoms with Crippen molar-refractivity contribution in [2.45, 2.75) is 6.85 Å². The van der Waals surface area contributed by atoms with Gasteiger partial charge in [-0.05, 0) is 6.85 Å². The van der Waals surface area contributed by atoms with Crippen LogP contribution in [0.4, 0.5) is 17.1 Å². The topological polar surface area (TPSA) is 129 Å². The third-order valence-electron chi connectivity index (χ3n) is 1.69. The van der Waals surface area contributed by atoms with Crippen LogP contribution in [0.1, 0.15) is 9.68 Å². The van der Waals surface area contributed by atoms with Crippen LogP contribution in [-0.2, 0) is 0 Å². The molecule has 0 N–H and O–H groups in total. The molecule has 84 valence electrons. The van der Waals surface area contributed by atoms with Gasteiger partial charge < -0.3 is 0 Å². The molecule has 0 aromatic heterocycles. The molecular formula is C7H5N3O6. The fourth-order valence-electron chi connectivity index (χ4n) is 0.991. The first-order valence-corrected chi connectivity index (χ1v) is 3.67. The quantitative estimate of drug-likeness (QED) is 0.573. The summed E-state index contributed by atoms with van der Waals surface area (Å²) in [6, 6.07) is 0.767. The average molecular weight is 230 g/mol. The van der Waals surface area contributed by atoms with E-state index < -0.39 is 44.2 Å². The minimum absolute atomic E-state index is 0.384. The highest BCUT2D eigenvalue weighted by atomic mass is 16.6. The van der Waals surface area contributed by atoms with Crippen LogP contribution in [-0.4, -0.2) is 14.8 Å². The van der Waals surface area contributed by atoms with Gasteiger partial charge in [0.05, 0.1) is 26.9 Å². The van der Waals surface area contributed by atoms with E-state index >= 15 is 0 Å². The van der Waals surface area contributed by atoms with Gasteiger partial charge in [-0.15, -0.1) is 0 Å². The van der Waals surface area contributed by atoms with Crippen molar-refractivity contribution in [1.29, 1.82) is 0 Å². The Labute approximate surface area is 92.0 Å². The Morgan fingerprint density at radius 3 is 1.69 bits per heavy atom. The van der Waals surface area contributed by atoms with E-state index in [1.54, 1.807) is 0 Å². The van der Waals surface area contributed by atoms with Crippen molar-refractivity contribution in [1.82, 2.24) is 0 Å². The summed E-state index contributed by atoms with van der Waals surface area (Å²) >= 11 is 0. The number of benzene rings is 1. The average Bonchev–Trinajstić information content (AvgIpc) is 2.25. The highest BCUT2D eigenvalue weighted by molar-refractivity contribution is 5.59. The Morgan fingerprint density at radius 1 is 1.00 bits per heavy atom. The summed E-state index contributed by atoms with van der Waals surface area (Å²) in [5.41, 5.74) is -4.42. The smallest absolute Gasteiger partial charge is 0.258 e. The molecule has 0 radical (unpaired) electrons. The normalized spacial score (nSPS) is 13.4. The van der Waals surface area contributed by atoms with Crippen molar-refractivity contribution in [3.63, 3.8) is 0 Å². The van der Waals surface area contributed by atoms with Gasteiger partial charge in [-0.25, -0.2) is 0 Å². The molecule has 0 aliphatic heterocycles. The Bertz CT molecular complexity index is 549. The fourth-order valence-corrected chi connectivity index (χ4v) is 0.991. The molecule has 1 aromatic rings. The first-order valence-electron chi connectivity index (χ1n) is 5.17. The van der Waals surface area contributed by atoms with Gasteiger partial charge >= 0.3 is 0 Å². The molecule has 9 heteroatoms. The molecule has 1 aromatic carbocycles. The van der Waals surface area contributed by atoms with Crippen molar-refractivity contribution in [3.05, 3.63) is 48.0 Å². The van der Waals surface area contributed by atoms with E-state index in [1.807, 2.05) is 0 Å². The third-order valence-corrected chi connectivity index (χ3v) is 1.69. The first kappa shape index (κ1) is 7.68. The van der Waals surface area contributed by atoms with Gasteiger partial charge in [-0.3, -0.25) is 30.3 Å². The molecule has 16 heavy (non-hydrogen) atoms. The molecule has 0 saturated carbocycles. The number of nitro benzene ring substituents is 3. The van der Waals surface area contributed by atoms with Crippen molar-refractivity contribution in [2.75, 3.05) is 0 Å². The highest BCUT2D eigenvalue weighted by Gasteiger charge is 2.27. The zero-order valence-electron chi connectivity index (χ0n) is 10.4. The monoisotopic (exact) mass is 230 g/mol. The van der Waals surface area contributed by atoms with Crippen LogP contribution in [0.3, 0.4) is 0 Å². The molecule has 0 fully saturated rings. The Hall–Kier alpha value is -2.58. The Morgan fingerprint density at radius 2 is 1.44 bits per heavy atom. The van der Waals surface area contributed by atoms with E-state index in [0.717, 1.165) is 0 Å². The second kappa shape index (κ2) is 3.88. The van der Waals surface area contributed by atoms with E-state index in [-0.39, 0.29) is 0 Å². The number of nitrogens with zero attached hydrogens (tertiary/aromatic N) is 3. The summed E-state index contributed by atoms with van der Waals surface area (Å²) < 4.78 is 21.2. The van der Waals surface area contributed by atoms with Crippen LogP contribution < -0.4 is 0 Å². The van der Waals surface area contributed by atoms with Gasteiger partial charge in [-0.1, -0.05) is 0 Å². The molecule has 1 rings (SSSR count). The fraction of sp³-hybridized carbons (Fsp3) is 0.143. The highest BCUT2D eigenvalue weighted by Crippen LogP contribution is 2.32. The number of hydrogen-bond donors (Lipinski definition) is 0. The summed E-state index contributed by atoms with van der Waals surface area (Å²) in [5.74, 6) is 0. The van der Waals surface area contributed by atoms with E-state index in [0.29, 0.717) is 12.1 Å². The van der Waals surface area contributed by atoms with Gasteiger partial charge in [0.2, 0.25) is 0 Å². The van der Waals surface area contributed by atoms with E-state index in [9.17, 15) is 30.3 Å². The molecule has 0 spiro atoms. The van der Waals surface area contributed by atoms with E-state index in [1.165, 1.54) is 0 Å². The number of nitro groups is 3. The van der Waals surface area contributed by atoms with Crippen molar-refractivity contribution >= 4 is 17.1 Å². The zero-order chi connectivity index (χ0) is 15.0. The minimum Gasteiger partial charge on any atom is -0.258 e. The summed E-state index contributed by atoms with van der Waals surface area (Å²) in [6.07, 6.45) is 0. The zero-order valence-corrected chi connectivity index (χ0v) is 7.45. The second-order valence-electron chi connectivity index (χ2n) is 2.63. The molecule has 0 bridgehead atoms. The maximum Gasteiger partial charge on any atom is 0.286 e. The SMILES string of the molecule is [2H]C([2H])([2H])c1c([N+](=O)[O-])cc([N+](=O)[O-])cc1[N+](=O)[O-]. The van der Waals surface area contributed by atoms with Crippen LogP contribution >= 0.6 is 0 Å². The van der Waals surface area contributed by atoms with Gasteiger partial charge in [0.25, 0.3) is 17.1 Å². The van der Waals surface area contributed by atoms with Crippen LogP contribution in [0, 0.1) is 37.2 Å². The number of non-ortho nitro benzene ring substituents is 1. The Balaban J connectivity index is 3.81. The molecule has 0 heterocycles. The molecular weight excluding hydrogens is 222 g/mol. The minimum atomic E-state index is -3.14. The maximum absolute atomic E-state index is 10.7. The largest absolute Gasteiger partial charge is 0.286 e.